The van der Waals surface area contributed by atoms with Crippen molar-refractivity contribution >= 4 is 5.91 Å². The molecule has 4 rings (SSSR count). The van der Waals surface area contributed by atoms with Gasteiger partial charge in [-0.15, -0.1) is 0 Å². The average molecular weight is 428 g/mol. The number of hydrogen-bond acceptors (Lipinski definition) is 5. The first-order valence-electron chi connectivity index (χ1n) is 10.4. The van der Waals surface area contributed by atoms with E-state index in [0.717, 1.165) is 28.3 Å². The lowest BCUT2D eigenvalue weighted by atomic mass is 10.1. The summed E-state index contributed by atoms with van der Waals surface area (Å²) in [6.45, 7) is 1.02. The standard InChI is InChI=1S/C25H24N4O3/c30-24(19-31-15-16-32-23-9-5-2-6-10-23)27-17-21-18-29(22-7-3-1-4-8-22)28-25(21)20-11-13-26-14-12-20/h1-14,18H,15-17,19H2,(H,27,30). The van der Waals surface area contributed by atoms with Crippen molar-refractivity contribution in [2.24, 2.45) is 0 Å². The summed E-state index contributed by atoms with van der Waals surface area (Å²) in [4.78, 5) is 16.3. The van der Waals surface area contributed by atoms with Crippen molar-refractivity contribution in [2.75, 3.05) is 19.8 Å². The quantitative estimate of drug-likeness (QED) is 0.390. The number of carbonyl (C=O) groups excluding carboxylic acids is 1. The Kier molecular flexibility index (Phi) is 7.23. The zero-order valence-electron chi connectivity index (χ0n) is 17.6. The average Bonchev–Trinajstić information content (AvgIpc) is 3.29. The number of para-hydroxylation sites is 2. The number of nitrogens with zero attached hydrogens (tertiary/aromatic N) is 3. The van der Waals surface area contributed by atoms with E-state index in [9.17, 15) is 4.79 Å². The van der Waals surface area contributed by atoms with Crippen LogP contribution in [0.15, 0.2) is 91.4 Å². The molecule has 162 valence electrons. The summed E-state index contributed by atoms with van der Waals surface area (Å²) in [6, 6.07) is 23.2. The fourth-order valence-corrected chi connectivity index (χ4v) is 3.15. The van der Waals surface area contributed by atoms with Crippen LogP contribution in [0.3, 0.4) is 0 Å². The first-order chi connectivity index (χ1) is 15.8. The Hall–Kier alpha value is -3.97. The Bertz CT molecular complexity index is 1120. The number of nitrogens with one attached hydrogen (secondary N) is 1. The van der Waals surface area contributed by atoms with E-state index in [4.69, 9.17) is 14.6 Å². The first kappa shape index (κ1) is 21.3. The molecule has 7 nitrogen and oxygen atoms in total. The molecule has 0 bridgehead atoms. The van der Waals surface area contributed by atoms with Crippen LogP contribution in [0, 0.1) is 0 Å². The third-order valence-electron chi connectivity index (χ3n) is 4.71. The minimum absolute atomic E-state index is 0.0322. The molecule has 2 heterocycles. The lowest BCUT2D eigenvalue weighted by Crippen LogP contribution is -2.28. The molecule has 2 aromatic heterocycles. The summed E-state index contributed by atoms with van der Waals surface area (Å²) in [5.74, 6) is 0.581. The summed E-state index contributed by atoms with van der Waals surface area (Å²) < 4.78 is 12.8. The second-order valence-corrected chi connectivity index (χ2v) is 7.01. The molecule has 0 saturated heterocycles. The topological polar surface area (TPSA) is 78.3 Å². The van der Waals surface area contributed by atoms with Crippen LogP contribution in [0.1, 0.15) is 5.56 Å². The summed E-state index contributed by atoms with van der Waals surface area (Å²) in [5, 5.41) is 7.64. The molecule has 0 spiro atoms. The second-order valence-electron chi connectivity index (χ2n) is 7.01. The zero-order chi connectivity index (χ0) is 22.0. The van der Waals surface area contributed by atoms with E-state index in [0.29, 0.717) is 19.8 Å². The maximum Gasteiger partial charge on any atom is 0.246 e. The van der Waals surface area contributed by atoms with Gasteiger partial charge in [-0.25, -0.2) is 4.68 Å². The minimum Gasteiger partial charge on any atom is -0.491 e. The van der Waals surface area contributed by atoms with Gasteiger partial charge in [0.25, 0.3) is 0 Å². The molecule has 0 unspecified atom stereocenters. The van der Waals surface area contributed by atoms with Gasteiger partial charge in [0.05, 0.1) is 18.0 Å². The van der Waals surface area contributed by atoms with Crippen LogP contribution < -0.4 is 10.1 Å². The molecule has 1 N–H and O–H groups in total. The summed E-state index contributed by atoms with van der Waals surface area (Å²) in [7, 11) is 0. The molecular formula is C25H24N4O3. The minimum atomic E-state index is -0.196. The number of carbonyl (C=O) groups is 1. The fourth-order valence-electron chi connectivity index (χ4n) is 3.15. The van der Waals surface area contributed by atoms with E-state index in [1.807, 2.05) is 83.7 Å². The van der Waals surface area contributed by atoms with Crippen molar-refractivity contribution in [3.63, 3.8) is 0 Å². The van der Waals surface area contributed by atoms with E-state index in [1.165, 1.54) is 0 Å². The lowest BCUT2D eigenvalue weighted by Gasteiger charge is -2.08. The van der Waals surface area contributed by atoms with Crippen LogP contribution in [0.25, 0.3) is 16.9 Å². The van der Waals surface area contributed by atoms with Gasteiger partial charge in [0, 0.05) is 36.3 Å². The van der Waals surface area contributed by atoms with Crippen molar-refractivity contribution in [2.45, 2.75) is 6.54 Å². The molecule has 2 aromatic carbocycles. The number of hydrogen-bond donors (Lipinski definition) is 1. The van der Waals surface area contributed by atoms with Crippen LogP contribution in [0.5, 0.6) is 5.75 Å². The van der Waals surface area contributed by atoms with Gasteiger partial charge in [-0.3, -0.25) is 9.78 Å². The van der Waals surface area contributed by atoms with E-state index < -0.39 is 0 Å². The molecule has 7 heteroatoms. The van der Waals surface area contributed by atoms with E-state index in [1.54, 1.807) is 12.4 Å². The van der Waals surface area contributed by atoms with Crippen LogP contribution >= 0.6 is 0 Å². The van der Waals surface area contributed by atoms with E-state index in [-0.39, 0.29) is 12.5 Å². The van der Waals surface area contributed by atoms with Crippen LogP contribution in [0.2, 0.25) is 0 Å². The number of aromatic nitrogens is 3. The Balaban J connectivity index is 1.32. The highest BCUT2D eigenvalue weighted by atomic mass is 16.5. The third-order valence-corrected chi connectivity index (χ3v) is 4.71. The molecule has 0 atom stereocenters. The second kappa shape index (κ2) is 10.9. The molecule has 0 aliphatic heterocycles. The fraction of sp³-hybridized carbons (Fsp3) is 0.160. The lowest BCUT2D eigenvalue weighted by molar-refractivity contribution is -0.126. The molecule has 32 heavy (non-hydrogen) atoms. The van der Waals surface area contributed by atoms with Crippen molar-refractivity contribution in [1.82, 2.24) is 20.1 Å². The number of amides is 1. The largest absolute Gasteiger partial charge is 0.491 e. The highest BCUT2D eigenvalue weighted by Crippen LogP contribution is 2.23. The van der Waals surface area contributed by atoms with Gasteiger partial charge in [0.2, 0.25) is 5.91 Å². The Morgan fingerprint density at radius 2 is 1.62 bits per heavy atom. The number of benzene rings is 2. The Morgan fingerprint density at radius 3 is 2.38 bits per heavy atom. The van der Waals surface area contributed by atoms with Gasteiger partial charge in [-0.2, -0.15) is 5.10 Å². The van der Waals surface area contributed by atoms with E-state index >= 15 is 0 Å². The van der Waals surface area contributed by atoms with Crippen LogP contribution in [-0.4, -0.2) is 40.5 Å². The molecule has 1 amide bonds. The number of rotatable bonds is 10. The summed E-state index contributed by atoms with van der Waals surface area (Å²) in [5.41, 5.74) is 3.59. The van der Waals surface area contributed by atoms with Gasteiger partial charge in [0.1, 0.15) is 19.0 Å². The van der Waals surface area contributed by atoms with Gasteiger partial charge >= 0.3 is 0 Å². The van der Waals surface area contributed by atoms with Crippen molar-refractivity contribution in [3.05, 3.63) is 97.0 Å². The Morgan fingerprint density at radius 1 is 0.906 bits per heavy atom. The molecule has 0 fully saturated rings. The highest BCUT2D eigenvalue weighted by molar-refractivity contribution is 5.77. The molecule has 0 radical (unpaired) electrons. The van der Waals surface area contributed by atoms with Crippen molar-refractivity contribution < 1.29 is 14.3 Å². The van der Waals surface area contributed by atoms with E-state index in [2.05, 4.69) is 10.3 Å². The predicted molar refractivity (Wildman–Crippen MR) is 121 cm³/mol. The molecule has 0 aliphatic rings. The highest BCUT2D eigenvalue weighted by Gasteiger charge is 2.13. The maximum absolute atomic E-state index is 12.3. The first-order valence-corrected chi connectivity index (χ1v) is 10.4. The summed E-state index contributed by atoms with van der Waals surface area (Å²) >= 11 is 0. The van der Waals surface area contributed by atoms with Crippen molar-refractivity contribution in [3.8, 4) is 22.7 Å². The number of pyridine rings is 1. The molecule has 0 aliphatic carbocycles. The van der Waals surface area contributed by atoms with Gasteiger partial charge in [0.15, 0.2) is 0 Å². The predicted octanol–water partition coefficient (Wildman–Crippen LogP) is 3.65. The zero-order valence-corrected chi connectivity index (χ0v) is 17.6. The monoisotopic (exact) mass is 428 g/mol. The smallest absolute Gasteiger partial charge is 0.246 e. The molecule has 0 saturated carbocycles. The maximum atomic E-state index is 12.3. The van der Waals surface area contributed by atoms with Crippen LogP contribution in [0.4, 0.5) is 0 Å². The molecular weight excluding hydrogens is 404 g/mol. The normalized spacial score (nSPS) is 10.6. The molecule has 4 aromatic rings. The van der Waals surface area contributed by atoms with Gasteiger partial charge < -0.3 is 14.8 Å². The summed E-state index contributed by atoms with van der Waals surface area (Å²) in [6.07, 6.45) is 5.38. The third kappa shape index (κ3) is 5.80. The van der Waals surface area contributed by atoms with Gasteiger partial charge in [-0.1, -0.05) is 36.4 Å². The van der Waals surface area contributed by atoms with Crippen LogP contribution in [-0.2, 0) is 16.1 Å². The Labute approximate surface area is 186 Å². The van der Waals surface area contributed by atoms with Gasteiger partial charge in [-0.05, 0) is 36.4 Å². The van der Waals surface area contributed by atoms with Crippen molar-refractivity contribution in [1.29, 1.82) is 0 Å². The SMILES string of the molecule is O=C(COCCOc1ccccc1)NCc1cn(-c2ccccc2)nc1-c1ccncc1. The number of ether oxygens (including phenoxy) is 2.